The number of rotatable bonds is 9. The van der Waals surface area contributed by atoms with Gasteiger partial charge >= 0.3 is 6.09 Å². The molecule has 1 aliphatic rings. The molecule has 1 fully saturated rings. The number of alkyl carbamates (subject to hydrolysis) is 1. The largest absolute Gasteiger partial charge is 0.445 e. The van der Waals surface area contributed by atoms with E-state index in [0.29, 0.717) is 6.54 Å². The standard InChI is InChI=1S/C30H32N2O3/c1-22(2)28(31-30(34)35-21-25-16-10-5-11-17-25)27-26(19-18-23-12-6-3-7-13-23)32(29(27)33)20-24-14-8-4-9-15-24/h3-19,22,26-28H,20-21H2,1-2H3,(H,31,34)/b19-18+/t26-,27+,28+/m1/s1. The van der Waals surface area contributed by atoms with Gasteiger partial charge in [0.2, 0.25) is 5.91 Å². The third-order valence-electron chi connectivity index (χ3n) is 6.38. The van der Waals surface area contributed by atoms with Crippen LogP contribution >= 0.6 is 0 Å². The first-order valence-corrected chi connectivity index (χ1v) is 12.1. The van der Waals surface area contributed by atoms with Crippen LogP contribution < -0.4 is 5.32 Å². The van der Waals surface area contributed by atoms with Gasteiger partial charge in [-0.3, -0.25) is 4.79 Å². The number of nitrogens with one attached hydrogen (secondary N) is 1. The predicted octanol–water partition coefficient (Wildman–Crippen LogP) is 5.68. The Balaban J connectivity index is 1.50. The normalized spacial score (nSPS) is 18.4. The highest BCUT2D eigenvalue weighted by atomic mass is 16.5. The summed E-state index contributed by atoms with van der Waals surface area (Å²) in [5.41, 5.74) is 3.07. The molecule has 0 bridgehead atoms. The molecule has 3 aromatic rings. The second kappa shape index (κ2) is 11.5. The number of hydrogen-bond donors (Lipinski definition) is 1. The van der Waals surface area contributed by atoms with Crippen LogP contribution in [0.15, 0.2) is 97.1 Å². The van der Waals surface area contributed by atoms with Gasteiger partial charge in [-0.05, 0) is 22.6 Å². The minimum atomic E-state index is -0.507. The van der Waals surface area contributed by atoms with Crippen molar-refractivity contribution in [2.45, 2.75) is 39.1 Å². The third-order valence-corrected chi connectivity index (χ3v) is 6.38. The summed E-state index contributed by atoms with van der Waals surface area (Å²) in [5.74, 6) is -0.263. The molecule has 1 saturated heterocycles. The van der Waals surface area contributed by atoms with Gasteiger partial charge < -0.3 is 15.0 Å². The molecule has 4 rings (SSSR count). The lowest BCUT2D eigenvalue weighted by Gasteiger charge is -2.50. The number of hydrogen-bond acceptors (Lipinski definition) is 3. The van der Waals surface area contributed by atoms with Gasteiger partial charge in [0.15, 0.2) is 0 Å². The minimum absolute atomic E-state index is 0.0404. The average Bonchev–Trinajstić information content (AvgIpc) is 2.89. The van der Waals surface area contributed by atoms with E-state index in [1.165, 1.54) is 0 Å². The molecule has 1 heterocycles. The van der Waals surface area contributed by atoms with Crippen molar-refractivity contribution in [2.75, 3.05) is 0 Å². The zero-order valence-electron chi connectivity index (χ0n) is 20.2. The molecule has 0 radical (unpaired) electrons. The smallest absolute Gasteiger partial charge is 0.407 e. The molecule has 0 unspecified atom stereocenters. The number of benzene rings is 3. The molecular formula is C30H32N2O3. The van der Waals surface area contributed by atoms with E-state index in [-0.39, 0.29) is 36.4 Å². The van der Waals surface area contributed by atoms with E-state index in [4.69, 9.17) is 4.74 Å². The highest BCUT2D eigenvalue weighted by molar-refractivity contribution is 5.88. The number of carbonyl (C=O) groups excluding carboxylic acids is 2. The molecule has 0 aromatic heterocycles. The zero-order chi connectivity index (χ0) is 24.6. The fraction of sp³-hybridized carbons (Fsp3) is 0.267. The maximum atomic E-state index is 13.4. The molecular weight excluding hydrogens is 436 g/mol. The predicted molar refractivity (Wildman–Crippen MR) is 138 cm³/mol. The van der Waals surface area contributed by atoms with Crippen LogP contribution in [-0.2, 0) is 22.7 Å². The van der Waals surface area contributed by atoms with E-state index < -0.39 is 6.09 Å². The van der Waals surface area contributed by atoms with Crippen molar-refractivity contribution in [1.82, 2.24) is 10.2 Å². The molecule has 2 amide bonds. The number of β-lactam (4-membered cyclic amide) rings is 1. The lowest BCUT2D eigenvalue weighted by atomic mass is 9.76. The summed E-state index contributed by atoms with van der Waals surface area (Å²) >= 11 is 0. The van der Waals surface area contributed by atoms with Crippen molar-refractivity contribution in [3.8, 4) is 0 Å². The molecule has 0 aliphatic carbocycles. The van der Waals surface area contributed by atoms with Gasteiger partial charge in [0, 0.05) is 12.6 Å². The number of likely N-dealkylation sites (tertiary alicyclic amines) is 1. The second-order valence-corrected chi connectivity index (χ2v) is 9.21. The number of amides is 2. The Labute approximate surface area is 207 Å². The summed E-state index contributed by atoms with van der Waals surface area (Å²) in [7, 11) is 0. The Kier molecular flexibility index (Phi) is 7.99. The topological polar surface area (TPSA) is 58.6 Å². The van der Waals surface area contributed by atoms with Gasteiger partial charge in [-0.2, -0.15) is 0 Å². The number of ether oxygens (including phenoxy) is 1. The Morgan fingerprint density at radius 2 is 1.49 bits per heavy atom. The minimum Gasteiger partial charge on any atom is -0.445 e. The van der Waals surface area contributed by atoms with Crippen LogP contribution in [0.2, 0.25) is 0 Å². The van der Waals surface area contributed by atoms with Crippen LogP contribution in [0, 0.1) is 11.8 Å². The van der Waals surface area contributed by atoms with Crippen LogP contribution in [0.1, 0.15) is 30.5 Å². The molecule has 5 heteroatoms. The summed E-state index contributed by atoms with van der Waals surface area (Å²) < 4.78 is 5.46. The Morgan fingerprint density at radius 3 is 2.09 bits per heavy atom. The van der Waals surface area contributed by atoms with Crippen molar-refractivity contribution in [2.24, 2.45) is 11.8 Å². The molecule has 35 heavy (non-hydrogen) atoms. The highest BCUT2D eigenvalue weighted by Gasteiger charge is 2.51. The van der Waals surface area contributed by atoms with E-state index in [9.17, 15) is 9.59 Å². The van der Waals surface area contributed by atoms with Crippen molar-refractivity contribution >= 4 is 18.1 Å². The second-order valence-electron chi connectivity index (χ2n) is 9.21. The van der Waals surface area contributed by atoms with Crippen LogP contribution in [-0.4, -0.2) is 29.0 Å². The van der Waals surface area contributed by atoms with Gasteiger partial charge in [-0.1, -0.05) is 117 Å². The zero-order valence-corrected chi connectivity index (χ0v) is 20.2. The highest BCUT2D eigenvalue weighted by Crippen LogP contribution is 2.35. The monoisotopic (exact) mass is 468 g/mol. The number of carbonyl (C=O) groups is 2. The van der Waals surface area contributed by atoms with Crippen molar-refractivity contribution in [3.63, 3.8) is 0 Å². The molecule has 3 atom stereocenters. The molecule has 3 aromatic carbocycles. The van der Waals surface area contributed by atoms with Gasteiger partial charge in [-0.15, -0.1) is 0 Å². The number of nitrogens with zero attached hydrogens (tertiary/aromatic N) is 1. The van der Waals surface area contributed by atoms with Crippen molar-refractivity contribution in [1.29, 1.82) is 0 Å². The molecule has 5 nitrogen and oxygen atoms in total. The fourth-order valence-corrected chi connectivity index (χ4v) is 4.50. The van der Waals surface area contributed by atoms with Gasteiger partial charge in [0.05, 0.1) is 12.0 Å². The lowest BCUT2D eigenvalue weighted by Crippen LogP contribution is -2.67. The van der Waals surface area contributed by atoms with E-state index in [0.717, 1.165) is 16.7 Å². The Morgan fingerprint density at radius 1 is 0.914 bits per heavy atom. The van der Waals surface area contributed by atoms with Crippen LogP contribution in [0.25, 0.3) is 6.08 Å². The molecule has 1 N–H and O–H groups in total. The summed E-state index contributed by atoms with van der Waals surface area (Å²) in [4.78, 5) is 27.9. The fourth-order valence-electron chi connectivity index (χ4n) is 4.50. The van der Waals surface area contributed by atoms with E-state index in [1.54, 1.807) is 0 Å². The molecule has 0 saturated carbocycles. The summed E-state index contributed by atoms with van der Waals surface area (Å²) in [6.07, 6.45) is 3.62. The molecule has 1 aliphatic heterocycles. The summed E-state index contributed by atoms with van der Waals surface area (Å²) in [6, 6.07) is 29.1. The van der Waals surface area contributed by atoms with Crippen molar-refractivity contribution < 1.29 is 14.3 Å². The first-order chi connectivity index (χ1) is 17.0. The maximum Gasteiger partial charge on any atom is 0.407 e. The van der Waals surface area contributed by atoms with Crippen molar-refractivity contribution in [3.05, 3.63) is 114 Å². The van der Waals surface area contributed by atoms with Gasteiger partial charge in [0.25, 0.3) is 0 Å². The van der Waals surface area contributed by atoms with Crippen LogP contribution in [0.5, 0.6) is 0 Å². The summed E-state index contributed by atoms with van der Waals surface area (Å²) in [5, 5.41) is 2.99. The Bertz CT molecular complexity index is 1130. The molecule has 0 spiro atoms. The van der Waals surface area contributed by atoms with Crippen LogP contribution in [0.4, 0.5) is 4.79 Å². The van der Waals surface area contributed by atoms with E-state index >= 15 is 0 Å². The average molecular weight is 469 g/mol. The van der Waals surface area contributed by atoms with E-state index in [2.05, 4.69) is 11.4 Å². The Hall–Kier alpha value is -3.86. The third kappa shape index (κ3) is 6.18. The first kappa shape index (κ1) is 24.3. The maximum absolute atomic E-state index is 13.4. The van der Waals surface area contributed by atoms with Crippen LogP contribution in [0.3, 0.4) is 0 Å². The SMILES string of the molecule is CC(C)[C@H](NC(=O)OCc1ccccc1)[C@H]1C(=O)N(Cc2ccccc2)[C@@H]1/C=C/c1ccccc1. The van der Waals surface area contributed by atoms with Gasteiger partial charge in [0.1, 0.15) is 6.61 Å². The molecule has 180 valence electrons. The quantitative estimate of drug-likeness (QED) is 0.411. The first-order valence-electron chi connectivity index (χ1n) is 12.1. The van der Waals surface area contributed by atoms with Gasteiger partial charge in [-0.25, -0.2) is 4.79 Å². The lowest BCUT2D eigenvalue weighted by molar-refractivity contribution is -0.157. The summed E-state index contributed by atoms with van der Waals surface area (Å²) in [6.45, 7) is 4.76. The van der Waals surface area contributed by atoms with E-state index in [1.807, 2.05) is 116 Å².